The number of ketones is 1. The van der Waals surface area contributed by atoms with E-state index in [4.69, 9.17) is 14.6 Å². The Hall–Kier alpha value is -1.13. The molecule has 0 bridgehead atoms. The van der Waals surface area contributed by atoms with Crippen LogP contribution < -0.4 is 0 Å². The van der Waals surface area contributed by atoms with Crippen LogP contribution in [0.15, 0.2) is 24.0 Å². The molecule has 0 amide bonds. The summed E-state index contributed by atoms with van der Waals surface area (Å²) in [7, 11) is 2.73. The SMILES string of the molecule is COC1(OC)C=CC(O)=CC1=O. The zero-order chi connectivity index (χ0) is 9.19. The van der Waals surface area contributed by atoms with E-state index < -0.39 is 11.6 Å². The highest BCUT2D eigenvalue weighted by Gasteiger charge is 2.36. The fourth-order valence-corrected chi connectivity index (χ4v) is 0.981. The Kier molecular flexibility index (Phi) is 2.30. The van der Waals surface area contributed by atoms with Crippen LogP contribution in [0.3, 0.4) is 0 Å². The molecule has 12 heavy (non-hydrogen) atoms. The Morgan fingerprint density at radius 3 is 2.42 bits per heavy atom. The monoisotopic (exact) mass is 170 g/mol. The standard InChI is InChI=1S/C8H10O4/c1-11-8(12-2)4-3-6(9)5-7(8)10/h3-5,9H,1-2H3. The molecule has 0 aromatic carbocycles. The maximum atomic E-state index is 11.3. The molecule has 0 radical (unpaired) electrons. The van der Waals surface area contributed by atoms with Crippen LogP contribution in [0.2, 0.25) is 0 Å². The van der Waals surface area contributed by atoms with Gasteiger partial charge in [0.25, 0.3) is 5.79 Å². The molecule has 1 aliphatic carbocycles. The molecule has 66 valence electrons. The number of hydrogen-bond donors (Lipinski definition) is 1. The third-order valence-corrected chi connectivity index (χ3v) is 1.70. The van der Waals surface area contributed by atoms with Gasteiger partial charge in [0.2, 0.25) is 5.78 Å². The smallest absolute Gasteiger partial charge is 0.253 e. The number of aliphatic hydroxyl groups is 1. The zero-order valence-corrected chi connectivity index (χ0v) is 6.90. The van der Waals surface area contributed by atoms with Crippen molar-refractivity contribution < 1.29 is 19.4 Å². The molecule has 4 heteroatoms. The Balaban J connectivity index is 2.96. The fraction of sp³-hybridized carbons (Fsp3) is 0.375. The predicted molar refractivity (Wildman–Crippen MR) is 41.6 cm³/mol. The molecule has 0 saturated heterocycles. The van der Waals surface area contributed by atoms with Gasteiger partial charge in [-0.25, -0.2) is 0 Å². The van der Waals surface area contributed by atoms with Crippen LogP contribution in [0.5, 0.6) is 0 Å². The molecule has 0 atom stereocenters. The molecule has 0 heterocycles. The van der Waals surface area contributed by atoms with Crippen molar-refractivity contribution in [3.63, 3.8) is 0 Å². The van der Waals surface area contributed by atoms with Crippen LogP contribution in [-0.4, -0.2) is 30.9 Å². The molecule has 0 unspecified atom stereocenters. The van der Waals surface area contributed by atoms with Crippen LogP contribution in [0.4, 0.5) is 0 Å². The van der Waals surface area contributed by atoms with Gasteiger partial charge in [-0.15, -0.1) is 0 Å². The van der Waals surface area contributed by atoms with E-state index >= 15 is 0 Å². The molecule has 1 N–H and O–H groups in total. The quantitative estimate of drug-likeness (QED) is 0.615. The fourth-order valence-electron chi connectivity index (χ4n) is 0.981. The number of rotatable bonds is 2. The van der Waals surface area contributed by atoms with Gasteiger partial charge in [-0.2, -0.15) is 0 Å². The lowest BCUT2D eigenvalue weighted by molar-refractivity contribution is -0.181. The average Bonchev–Trinajstić information content (AvgIpc) is 2.06. The minimum atomic E-state index is -1.35. The summed E-state index contributed by atoms with van der Waals surface area (Å²) in [5.41, 5.74) is 0. The second-order valence-corrected chi connectivity index (χ2v) is 2.34. The van der Waals surface area contributed by atoms with Crippen molar-refractivity contribution in [3.8, 4) is 0 Å². The van der Waals surface area contributed by atoms with Crippen molar-refractivity contribution in [3.05, 3.63) is 24.0 Å². The third-order valence-electron chi connectivity index (χ3n) is 1.70. The third kappa shape index (κ3) is 1.26. The number of allylic oxidation sites excluding steroid dienone is 1. The summed E-state index contributed by atoms with van der Waals surface area (Å²) < 4.78 is 9.75. The maximum Gasteiger partial charge on any atom is 0.253 e. The van der Waals surface area contributed by atoms with E-state index in [0.29, 0.717) is 0 Å². The predicted octanol–water partition coefficient (Wildman–Crippen LogP) is 0.556. The highest BCUT2D eigenvalue weighted by Crippen LogP contribution is 2.20. The lowest BCUT2D eigenvalue weighted by atomic mass is 10.1. The van der Waals surface area contributed by atoms with Gasteiger partial charge in [0.1, 0.15) is 5.76 Å². The van der Waals surface area contributed by atoms with Crippen LogP contribution in [0.1, 0.15) is 0 Å². The van der Waals surface area contributed by atoms with Crippen molar-refractivity contribution in [2.24, 2.45) is 0 Å². The first kappa shape index (κ1) is 8.96. The maximum absolute atomic E-state index is 11.3. The zero-order valence-electron chi connectivity index (χ0n) is 6.90. The van der Waals surface area contributed by atoms with E-state index in [-0.39, 0.29) is 5.76 Å². The second-order valence-electron chi connectivity index (χ2n) is 2.34. The Morgan fingerprint density at radius 2 is 2.00 bits per heavy atom. The average molecular weight is 170 g/mol. The van der Waals surface area contributed by atoms with Crippen LogP contribution >= 0.6 is 0 Å². The molecule has 1 aliphatic rings. The van der Waals surface area contributed by atoms with Gasteiger partial charge in [-0.3, -0.25) is 4.79 Å². The largest absolute Gasteiger partial charge is 0.508 e. The van der Waals surface area contributed by atoms with Gasteiger partial charge < -0.3 is 14.6 Å². The summed E-state index contributed by atoms with van der Waals surface area (Å²) in [4.78, 5) is 11.3. The Bertz CT molecular complexity index is 248. The van der Waals surface area contributed by atoms with Gasteiger partial charge in [-0.05, 0) is 12.2 Å². The summed E-state index contributed by atoms with van der Waals surface area (Å²) in [6, 6.07) is 0. The normalized spacial score (nSPS) is 20.8. The molecule has 0 spiro atoms. The number of hydrogen-bond acceptors (Lipinski definition) is 4. The minimum absolute atomic E-state index is 0.0928. The Morgan fingerprint density at radius 1 is 1.42 bits per heavy atom. The molecule has 0 fully saturated rings. The lowest BCUT2D eigenvalue weighted by Gasteiger charge is -2.26. The topological polar surface area (TPSA) is 55.8 Å². The summed E-state index contributed by atoms with van der Waals surface area (Å²) in [6.07, 6.45) is 3.78. The second kappa shape index (κ2) is 3.08. The number of methoxy groups -OCH3 is 2. The van der Waals surface area contributed by atoms with Crippen LogP contribution in [0.25, 0.3) is 0 Å². The van der Waals surface area contributed by atoms with Gasteiger partial charge in [0, 0.05) is 20.3 Å². The van der Waals surface area contributed by atoms with Gasteiger partial charge in [-0.1, -0.05) is 0 Å². The molecule has 1 rings (SSSR count). The summed E-state index contributed by atoms with van der Waals surface area (Å²) in [6.45, 7) is 0. The van der Waals surface area contributed by atoms with E-state index in [9.17, 15) is 4.79 Å². The lowest BCUT2D eigenvalue weighted by Crippen LogP contribution is -2.41. The van der Waals surface area contributed by atoms with E-state index in [1.807, 2.05) is 0 Å². The molecular weight excluding hydrogens is 160 g/mol. The van der Waals surface area contributed by atoms with E-state index in [0.717, 1.165) is 6.08 Å². The van der Waals surface area contributed by atoms with Crippen LogP contribution in [0, 0.1) is 0 Å². The highest BCUT2D eigenvalue weighted by atomic mass is 16.7. The number of aliphatic hydroxyl groups excluding tert-OH is 1. The summed E-state index contributed by atoms with van der Waals surface area (Å²) in [5, 5.41) is 8.95. The van der Waals surface area contributed by atoms with Crippen molar-refractivity contribution >= 4 is 5.78 Å². The number of ether oxygens (including phenoxy) is 2. The van der Waals surface area contributed by atoms with Crippen molar-refractivity contribution in [1.29, 1.82) is 0 Å². The number of carbonyl (C=O) groups is 1. The first-order valence-corrected chi connectivity index (χ1v) is 3.39. The molecular formula is C8H10O4. The van der Waals surface area contributed by atoms with Crippen molar-refractivity contribution in [2.75, 3.05) is 14.2 Å². The molecule has 4 nitrogen and oxygen atoms in total. The van der Waals surface area contributed by atoms with Gasteiger partial charge in [0.15, 0.2) is 0 Å². The molecule has 0 saturated carbocycles. The van der Waals surface area contributed by atoms with Gasteiger partial charge >= 0.3 is 0 Å². The van der Waals surface area contributed by atoms with Crippen molar-refractivity contribution in [2.45, 2.75) is 5.79 Å². The first-order valence-electron chi connectivity index (χ1n) is 3.39. The summed E-state index contributed by atoms with van der Waals surface area (Å²) in [5.74, 6) is -1.87. The first-order chi connectivity index (χ1) is 5.64. The van der Waals surface area contributed by atoms with E-state index in [1.165, 1.54) is 26.4 Å². The highest BCUT2D eigenvalue weighted by molar-refractivity contribution is 5.99. The molecule has 0 aromatic heterocycles. The molecule has 0 aliphatic heterocycles. The minimum Gasteiger partial charge on any atom is -0.508 e. The van der Waals surface area contributed by atoms with Crippen LogP contribution in [-0.2, 0) is 14.3 Å². The number of carbonyl (C=O) groups excluding carboxylic acids is 1. The molecule has 0 aromatic rings. The van der Waals surface area contributed by atoms with E-state index in [2.05, 4.69) is 0 Å². The van der Waals surface area contributed by atoms with Gasteiger partial charge in [0.05, 0.1) is 0 Å². The summed E-state index contributed by atoms with van der Waals surface area (Å²) >= 11 is 0. The van der Waals surface area contributed by atoms with Crippen molar-refractivity contribution in [1.82, 2.24) is 0 Å². The van der Waals surface area contributed by atoms with E-state index in [1.54, 1.807) is 0 Å². The Labute approximate surface area is 70.1 Å².